The van der Waals surface area contributed by atoms with E-state index in [0.29, 0.717) is 0 Å². The van der Waals surface area contributed by atoms with E-state index in [0.717, 1.165) is 6.33 Å². The Morgan fingerprint density at radius 2 is 2.04 bits per heavy atom. The fourth-order valence-corrected chi connectivity index (χ4v) is 2.66. The average Bonchev–Trinajstić information content (AvgIpc) is 3.01. The first-order valence-electron chi connectivity index (χ1n) is 6.40. The summed E-state index contributed by atoms with van der Waals surface area (Å²) in [6.45, 7) is -0.625. The minimum Gasteiger partial charge on any atom is -0.387 e. The third-order valence-corrected chi connectivity index (χ3v) is 3.87. The maximum Gasteiger partial charge on any atom is 1.00 e. The van der Waals surface area contributed by atoms with Crippen LogP contribution < -0.4 is 35.1 Å². The number of ether oxygens (including phenoxy) is 1. The van der Waals surface area contributed by atoms with Crippen LogP contribution in [0, 0.1) is 0 Å². The number of hydrogen-bond donors (Lipinski definition) is 5. The zero-order valence-electron chi connectivity index (χ0n) is 12.4. The molecule has 5 N–H and O–H groups in total. The molecular formula is C10H13N4NaO8P+. The van der Waals surface area contributed by atoms with Gasteiger partial charge in [-0.15, -0.1) is 0 Å². The Morgan fingerprint density at radius 1 is 1.33 bits per heavy atom. The van der Waals surface area contributed by atoms with Crippen LogP contribution in [0.4, 0.5) is 0 Å². The number of rotatable bonds is 4. The van der Waals surface area contributed by atoms with Crippen molar-refractivity contribution in [3.8, 4) is 0 Å². The summed E-state index contributed by atoms with van der Waals surface area (Å²) in [5.41, 5.74) is -0.336. The Hall–Kier alpha value is -0.660. The molecule has 0 spiro atoms. The van der Waals surface area contributed by atoms with Crippen molar-refractivity contribution in [2.24, 2.45) is 0 Å². The summed E-state index contributed by atoms with van der Waals surface area (Å²) in [6, 6.07) is 0. The molecule has 0 bridgehead atoms. The second-order valence-electron chi connectivity index (χ2n) is 4.89. The van der Waals surface area contributed by atoms with E-state index in [4.69, 9.17) is 14.5 Å². The van der Waals surface area contributed by atoms with Crippen LogP contribution in [0.1, 0.15) is 6.23 Å². The maximum atomic E-state index is 11.6. The van der Waals surface area contributed by atoms with Crippen LogP contribution in [0.3, 0.4) is 0 Å². The van der Waals surface area contributed by atoms with Crippen molar-refractivity contribution in [2.45, 2.75) is 24.5 Å². The van der Waals surface area contributed by atoms with Crippen molar-refractivity contribution in [1.29, 1.82) is 0 Å². The quantitative estimate of drug-likeness (QED) is 0.258. The first kappa shape index (κ1) is 19.7. The van der Waals surface area contributed by atoms with E-state index in [1.54, 1.807) is 0 Å². The molecule has 3 heterocycles. The van der Waals surface area contributed by atoms with Crippen molar-refractivity contribution < 1.29 is 63.4 Å². The van der Waals surface area contributed by atoms with E-state index in [-0.39, 0.29) is 40.7 Å². The van der Waals surface area contributed by atoms with E-state index in [1.165, 1.54) is 10.9 Å². The molecule has 2 aromatic rings. The second-order valence-corrected chi connectivity index (χ2v) is 6.13. The number of aliphatic hydroxyl groups excluding tert-OH is 2. The monoisotopic (exact) mass is 371 g/mol. The predicted molar refractivity (Wildman–Crippen MR) is 72.1 cm³/mol. The number of nitrogens with one attached hydrogen (secondary N) is 1. The topological polar surface area (TPSA) is 180 Å². The molecule has 4 unspecified atom stereocenters. The summed E-state index contributed by atoms with van der Waals surface area (Å²) >= 11 is 0. The van der Waals surface area contributed by atoms with E-state index < -0.39 is 44.5 Å². The van der Waals surface area contributed by atoms with Gasteiger partial charge in [-0.05, 0) is 0 Å². The van der Waals surface area contributed by atoms with Gasteiger partial charge in [0.15, 0.2) is 17.4 Å². The smallest absolute Gasteiger partial charge is 0.387 e. The van der Waals surface area contributed by atoms with Crippen LogP contribution >= 0.6 is 7.82 Å². The zero-order chi connectivity index (χ0) is 16.8. The van der Waals surface area contributed by atoms with Gasteiger partial charge < -0.3 is 29.7 Å². The van der Waals surface area contributed by atoms with E-state index in [1.807, 2.05) is 0 Å². The van der Waals surface area contributed by atoms with Crippen LogP contribution in [0.2, 0.25) is 0 Å². The summed E-state index contributed by atoms with van der Waals surface area (Å²) in [6.07, 6.45) is -2.85. The molecule has 3 rings (SSSR count). The minimum absolute atomic E-state index is 0. The summed E-state index contributed by atoms with van der Waals surface area (Å²) in [5.74, 6) is 0. The van der Waals surface area contributed by atoms with Gasteiger partial charge in [0.25, 0.3) is 5.56 Å². The molecule has 4 atom stereocenters. The molecule has 1 aliphatic heterocycles. The minimum atomic E-state index is -4.74. The fraction of sp³-hybridized carbons (Fsp3) is 0.500. The first-order chi connectivity index (χ1) is 10.8. The Morgan fingerprint density at radius 3 is 2.71 bits per heavy atom. The van der Waals surface area contributed by atoms with Gasteiger partial charge >= 0.3 is 37.4 Å². The van der Waals surface area contributed by atoms with Gasteiger partial charge in [-0.2, -0.15) is 0 Å². The predicted octanol–water partition coefficient (Wildman–Crippen LogP) is -5.15. The molecule has 126 valence electrons. The van der Waals surface area contributed by atoms with Gasteiger partial charge in [-0.3, -0.25) is 13.9 Å². The zero-order valence-corrected chi connectivity index (χ0v) is 15.3. The number of hydrogen-bond acceptors (Lipinski definition) is 8. The van der Waals surface area contributed by atoms with Gasteiger partial charge in [0.1, 0.15) is 18.3 Å². The van der Waals surface area contributed by atoms with E-state index >= 15 is 0 Å². The van der Waals surface area contributed by atoms with Crippen LogP contribution in [0.5, 0.6) is 0 Å². The Labute approximate surface area is 156 Å². The van der Waals surface area contributed by atoms with Gasteiger partial charge in [-0.25, -0.2) is 14.5 Å². The van der Waals surface area contributed by atoms with Crippen molar-refractivity contribution in [1.82, 2.24) is 19.5 Å². The third-order valence-electron chi connectivity index (χ3n) is 3.38. The molecular weight excluding hydrogens is 358 g/mol. The number of nitrogens with zero attached hydrogens (tertiary/aromatic N) is 3. The molecule has 1 saturated heterocycles. The van der Waals surface area contributed by atoms with Crippen molar-refractivity contribution in [2.75, 3.05) is 6.61 Å². The van der Waals surface area contributed by atoms with E-state index in [9.17, 15) is 19.6 Å². The normalized spacial score (nSPS) is 27.3. The van der Waals surface area contributed by atoms with Gasteiger partial charge in [0.2, 0.25) is 0 Å². The summed E-state index contributed by atoms with van der Waals surface area (Å²) in [5, 5.41) is 20.0. The van der Waals surface area contributed by atoms with Crippen molar-refractivity contribution in [3.05, 3.63) is 23.0 Å². The van der Waals surface area contributed by atoms with Crippen LogP contribution in [-0.4, -0.2) is 64.4 Å². The van der Waals surface area contributed by atoms with Crippen LogP contribution in [0.15, 0.2) is 17.4 Å². The molecule has 0 aromatic carbocycles. The van der Waals surface area contributed by atoms with Gasteiger partial charge in [0, 0.05) is 0 Å². The molecule has 14 heteroatoms. The molecule has 0 radical (unpaired) electrons. The molecule has 2 aromatic heterocycles. The Balaban J connectivity index is 0.00000208. The number of aliphatic hydroxyl groups is 2. The first-order valence-corrected chi connectivity index (χ1v) is 7.93. The van der Waals surface area contributed by atoms with Gasteiger partial charge in [0.05, 0.1) is 19.3 Å². The molecule has 0 aliphatic carbocycles. The molecule has 0 amide bonds. The van der Waals surface area contributed by atoms with Crippen molar-refractivity contribution in [3.63, 3.8) is 0 Å². The van der Waals surface area contributed by atoms with E-state index in [2.05, 4.69) is 19.5 Å². The largest absolute Gasteiger partial charge is 1.00 e. The molecule has 1 aliphatic rings. The van der Waals surface area contributed by atoms with Crippen molar-refractivity contribution >= 4 is 19.0 Å². The summed E-state index contributed by atoms with van der Waals surface area (Å²) in [4.78, 5) is 39.1. The fourth-order valence-electron chi connectivity index (χ4n) is 2.32. The SMILES string of the molecule is O=c1[nH]cnc2c1ncn2C1OC(COP(=O)(O)O)C(O)C1O.[Na+]. The Bertz CT molecular complexity index is 821. The summed E-state index contributed by atoms with van der Waals surface area (Å²) < 4.78 is 21.6. The summed E-state index contributed by atoms with van der Waals surface area (Å²) in [7, 11) is -4.74. The number of aromatic amines is 1. The third kappa shape index (κ3) is 3.78. The Kier molecular flexibility index (Phi) is 5.98. The molecule has 0 saturated carbocycles. The number of H-pyrrole nitrogens is 1. The van der Waals surface area contributed by atoms with Crippen LogP contribution in [0.25, 0.3) is 11.2 Å². The molecule has 1 fully saturated rings. The molecule has 12 nitrogen and oxygen atoms in total. The van der Waals surface area contributed by atoms with Gasteiger partial charge in [-0.1, -0.05) is 0 Å². The number of aromatic nitrogens is 4. The average molecular weight is 371 g/mol. The molecule has 24 heavy (non-hydrogen) atoms. The standard InChI is InChI=1S/C10H13N4O8P.Na/c15-6-4(1-21-23(18,19)20)22-10(7(6)16)14-3-13-5-8(14)11-2-12-9(5)17;/h2-4,6-7,10,15-16H,1H2,(H,11,12,17)(H2,18,19,20);/q;+1. The maximum absolute atomic E-state index is 11.6. The van der Waals surface area contributed by atoms with Crippen LogP contribution in [-0.2, 0) is 13.8 Å². The number of imidazole rings is 1. The number of fused-ring (bicyclic) bond motifs is 1. The number of phosphoric acid groups is 1. The second kappa shape index (κ2) is 7.30. The number of phosphoric ester groups is 1.